The molecule has 0 fully saturated rings. The predicted molar refractivity (Wildman–Crippen MR) is 68.3 cm³/mol. The van der Waals surface area contributed by atoms with E-state index in [1.54, 1.807) is 14.0 Å². The van der Waals surface area contributed by atoms with Gasteiger partial charge in [-0.15, -0.1) is 0 Å². The summed E-state index contributed by atoms with van der Waals surface area (Å²) in [6, 6.07) is 7.53. The van der Waals surface area contributed by atoms with Crippen LogP contribution in [0.5, 0.6) is 5.75 Å². The van der Waals surface area contributed by atoms with Gasteiger partial charge in [0.1, 0.15) is 5.75 Å². The molecule has 3 heteroatoms. The molecule has 1 atom stereocenters. The fourth-order valence-electron chi connectivity index (χ4n) is 1.38. The fourth-order valence-corrected chi connectivity index (χ4v) is 1.38. The van der Waals surface area contributed by atoms with E-state index in [-0.39, 0.29) is 5.60 Å². The number of aliphatic hydroxyl groups excluding tert-OH is 1. The van der Waals surface area contributed by atoms with Crippen molar-refractivity contribution in [2.45, 2.75) is 38.9 Å². The lowest BCUT2D eigenvalue weighted by Crippen LogP contribution is -2.25. The van der Waals surface area contributed by atoms with Crippen LogP contribution in [0.15, 0.2) is 24.3 Å². The highest BCUT2D eigenvalue weighted by atomic mass is 16.5. The maximum absolute atomic E-state index is 9.47. The van der Waals surface area contributed by atoms with Crippen molar-refractivity contribution in [3.8, 4) is 5.75 Å². The molecule has 96 valence electrons. The predicted octanol–water partition coefficient (Wildman–Crippen LogP) is 2.93. The molecule has 3 nitrogen and oxygen atoms in total. The minimum Gasteiger partial charge on any atom is -0.493 e. The van der Waals surface area contributed by atoms with Crippen molar-refractivity contribution >= 4 is 0 Å². The zero-order valence-electron chi connectivity index (χ0n) is 11.1. The molecule has 0 bridgehead atoms. The van der Waals surface area contributed by atoms with Crippen LogP contribution in [-0.2, 0) is 4.74 Å². The Morgan fingerprint density at radius 3 is 2.65 bits per heavy atom. The summed E-state index contributed by atoms with van der Waals surface area (Å²) in [5, 5.41) is 9.47. The second-order valence-corrected chi connectivity index (χ2v) is 4.81. The van der Waals surface area contributed by atoms with Crippen molar-refractivity contribution in [2.75, 3.05) is 13.7 Å². The third kappa shape index (κ3) is 4.75. The third-order valence-electron chi connectivity index (χ3n) is 2.87. The summed E-state index contributed by atoms with van der Waals surface area (Å²) in [6.07, 6.45) is 0.358. The lowest BCUT2D eigenvalue weighted by Gasteiger charge is -2.22. The number of methoxy groups -OCH3 is 1. The Bertz CT molecular complexity index is 345. The van der Waals surface area contributed by atoms with Gasteiger partial charge in [-0.3, -0.25) is 0 Å². The van der Waals surface area contributed by atoms with Crippen LogP contribution in [-0.4, -0.2) is 24.4 Å². The largest absolute Gasteiger partial charge is 0.493 e. The van der Waals surface area contributed by atoms with Gasteiger partial charge in [-0.1, -0.05) is 12.1 Å². The van der Waals surface area contributed by atoms with E-state index in [4.69, 9.17) is 9.47 Å². The van der Waals surface area contributed by atoms with E-state index in [2.05, 4.69) is 0 Å². The van der Waals surface area contributed by atoms with Gasteiger partial charge in [0.15, 0.2) is 0 Å². The minimum atomic E-state index is -0.464. The van der Waals surface area contributed by atoms with Crippen molar-refractivity contribution in [1.29, 1.82) is 0 Å². The molecule has 0 saturated carbocycles. The normalized spacial score (nSPS) is 13.5. The Hall–Kier alpha value is -1.06. The Morgan fingerprint density at radius 2 is 2.06 bits per heavy atom. The van der Waals surface area contributed by atoms with Gasteiger partial charge in [0, 0.05) is 13.5 Å². The molecule has 0 aliphatic rings. The average molecular weight is 238 g/mol. The van der Waals surface area contributed by atoms with Crippen LogP contribution in [0.3, 0.4) is 0 Å². The molecular formula is C14H22O3. The summed E-state index contributed by atoms with van der Waals surface area (Å²) in [4.78, 5) is 0. The molecule has 0 radical (unpaired) electrons. The van der Waals surface area contributed by atoms with E-state index in [1.807, 2.05) is 38.1 Å². The standard InChI is InChI=1S/C14H22O3/c1-11(15)12-6-5-7-13(10-12)17-9-8-14(2,3)16-4/h5-7,10-11,15H,8-9H2,1-4H3. The van der Waals surface area contributed by atoms with Crippen molar-refractivity contribution < 1.29 is 14.6 Å². The molecule has 0 amide bonds. The summed E-state index contributed by atoms with van der Waals surface area (Å²) < 4.78 is 11.0. The van der Waals surface area contributed by atoms with Gasteiger partial charge in [-0.05, 0) is 38.5 Å². The molecule has 0 aliphatic carbocycles. The lowest BCUT2D eigenvalue weighted by atomic mass is 10.1. The summed E-state index contributed by atoms with van der Waals surface area (Å²) in [7, 11) is 1.70. The quantitative estimate of drug-likeness (QED) is 0.828. The summed E-state index contributed by atoms with van der Waals surface area (Å²) in [5.74, 6) is 0.787. The zero-order valence-corrected chi connectivity index (χ0v) is 11.1. The Labute approximate surface area is 103 Å². The fraction of sp³-hybridized carbons (Fsp3) is 0.571. The monoisotopic (exact) mass is 238 g/mol. The molecule has 17 heavy (non-hydrogen) atoms. The molecule has 0 aromatic heterocycles. The highest BCUT2D eigenvalue weighted by Gasteiger charge is 2.16. The van der Waals surface area contributed by atoms with Crippen molar-refractivity contribution in [1.82, 2.24) is 0 Å². The van der Waals surface area contributed by atoms with E-state index in [1.165, 1.54) is 0 Å². The van der Waals surface area contributed by atoms with E-state index in [9.17, 15) is 5.11 Å². The molecular weight excluding hydrogens is 216 g/mol. The van der Waals surface area contributed by atoms with E-state index < -0.39 is 6.10 Å². The van der Waals surface area contributed by atoms with Gasteiger partial charge in [0.25, 0.3) is 0 Å². The van der Waals surface area contributed by atoms with E-state index in [0.717, 1.165) is 17.7 Å². The second kappa shape index (κ2) is 6.03. The van der Waals surface area contributed by atoms with E-state index >= 15 is 0 Å². The SMILES string of the molecule is COC(C)(C)CCOc1cccc(C(C)O)c1. The molecule has 1 aromatic rings. The summed E-state index contributed by atoms with van der Waals surface area (Å²) >= 11 is 0. The van der Waals surface area contributed by atoms with Crippen molar-refractivity contribution in [3.05, 3.63) is 29.8 Å². The van der Waals surface area contributed by atoms with Crippen LogP contribution >= 0.6 is 0 Å². The van der Waals surface area contributed by atoms with Crippen LogP contribution < -0.4 is 4.74 Å². The minimum absolute atomic E-state index is 0.165. The van der Waals surface area contributed by atoms with Crippen LogP contribution in [0.1, 0.15) is 38.9 Å². The van der Waals surface area contributed by atoms with Gasteiger partial charge < -0.3 is 14.6 Å². The van der Waals surface area contributed by atoms with E-state index in [0.29, 0.717) is 6.61 Å². The van der Waals surface area contributed by atoms with Crippen LogP contribution in [0.4, 0.5) is 0 Å². The van der Waals surface area contributed by atoms with Crippen molar-refractivity contribution in [3.63, 3.8) is 0 Å². The van der Waals surface area contributed by atoms with Crippen LogP contribution in [0.2, 0.25) is 0 Å². The first-order chi connectivity index (χ1) is 7.94. The number of aliphatic hydroxyl groups is 1. The molecule has 0 heterocycles. The van der Waals surface area contributed by atoms with Gasteiger partial charge >= 0.3 is 0 Å². The molecule has 1 rings (SSSR count). The van der Waals surface area contributed by atoms with Crippen molar-refractivity contribution in [2.24, 2.45) is 0 Å². The molecule has 1 N–H and O–H groups in total. The zero-order chi connectivity index (χ0) is 12.9. The Morgan fingerprint density at radius 1 is 1.35 bits per heavy atom. The number of benzene rings is 1. The molecule has 1 aromatic carbocycles. The number of ether oxygens (including phenoxy) is 2. The maximum atomic E-state index is 9.47. The highest BCUT2D eigenvalue weighted by Crippen LogP contribution is 2.20. The Kier molecular flexibility index (Phi) is 4.97. The molecule has 0 saturated heterocycles. The van der Waals surface area contributed by atoms with Crippen LogP contribution in [0.25, 0.3) is 0 Å². The number of rotatable bonds is 6. The van der Waals surface area contributed by atoms with Gasteiger partial charge in [0.05, 0.1) is 18.3 Å². The Balaban J connectivity index is 2.50. The molecule has 1 unspecified atom stereocenters. The highest BCUT2D eigenvalue weighted by molar-refractivity contribution is 5.29. The van der Waals surface area contributed by atoms with Crippen LogP contribution in [0, 0.1) is 0 Å². The third-order valence-corrected chi connectivity index (χ3v) is 2.87. The smallest absolute Gasteiger partial charge is 0.119 e. The first kappa shape index (κ1) is 14.0. The number of hydrogen-bond acceptors (Lipinski definition) is 3. The average Bonchev–Trinajstić information content (AvgIpc) is 2.29. The second-order valence-electron chi connectivity index (χ2n) is 4.81. The van der Waals surface area contributed by atoms with Gasteiger partial charge in [-0.25, -0.2) is 0 Å². The molecule has 0 aliphatic heterocycles. The first-order valence-corrected chi connectivity index (χ1v) is 5.90. The topological polar surface area (TPSA) is 38.7 Å². The number of hydrogen-bond donors (Lipinski definition) is 1. The summed E-state index contributed by atoms with van der Waals surface area (Å²) in [5.41, 5.74) is 0.704. The lowest BCUT2D eigenvalue weighted by molar-refractivity contribution is 0.00543. The summed E-state index contributed by atoms with van der Waals surface area (Å²) in [6.45, 7) is 6.41. The molecule has 0 spiro atoms. The first-order valence-electron chi connectivity index (χ1n) is 5.90. The van der Waals surface area contributed by atoms with Gasteiger partial charge in [0.2, 0.25) is 0 Å². The maximum Gasteiger partial charge on any atom is 0.119 e. The van der Waals surface area contributed by atoms with Gasteiger partial charge in [-0.2, -0.15) is 0 Å².